The van der Waals surface area contributed by atoms with Gasteiger partial charge < -0.3 is 4.74 Å². The van der Waals surface area contributed by atoms with Gasteiger partial charge in [-0.3, -0.25) is 0 Å². The summed E-state index contributed by atoms with van der Waals surface area (Å²) in [5.41, 5.74) is 3.91. The average Bonchev–Trinajstić information content (AvgIpc) is 2.42. The van der Waals surface area contributed by atoms with Crippen LogP contribution in [-0.4, -0.2) is 12.9 Å². The van der Waals surface area contributed by atoms with Gasteiger partial charge in [0.05, 0.1) is 7.11 Å². The van der Waals surface area contributed by atoms with Gasteiger partial charge in [0.15, 0.2) is 0 Å². The monoisotopic (exact) mass is 305 g/mol. The van der Waals surface area contributed by atoms with Crippen molar-refractivity contribution in [3.05, 3.63) is 28.8 Å². The molecule has 1 unspecified atom stereocenters. The number of benzene rings is 1. The molecule has 0 aromatic heterocycles. The van der Waals surface area contributed by atoms with Crippen LogP contribution in [0, 0.1) is 17.6 Å². The zero-order valence-electron chi connectivity index (χ0n) is 14.1. The largest absolute Gasteiger partial charge is 0.496 e. The second kappa shape index (κ2) is 7.75. The topological polar surface area (TPSA) is 33.0 Å². The van der Waals surface area contributed by atoms with Crippen LogP contribution in [0.3, 0.4) is 0 Å². The normalized spacial score (nSPS) is 12.8. The van der Waals surface area contributed by atoms with Crippen molar-refractivity contribution >= 4 is 11.8 Å². The minimum absolute atomic E-state index is 0.0613. The van der Waals surface area contributed by atoms with E-state index in [1.54, 1.807) is 7.11 Å². The lowest BCUT2D eigenvalue weighted by Gasteiger charge is -2.27. The number of aryl methyl sites for hydroxylation is 1. The second-order valence-electron chi connectivity index (χ2n) is 6.52. The van der Waals surface area contributed by atoms with E-state index in [2.05, 4.69) is 52.2 Å². The maximum absolute atomic E-state index is 8.71. The summed E-state index contributed by atoms with van der Waals surface area (Å²) < 4.78 is 5.78. The molecule has 21 heavy (non-hydrogen) atoms. The molecule has 1 aromatic rings. The van der Waals surface area contributed by atoms with Crippen molar-refractivity contribution in [2.24, 2.45) is 0 Å². The lowest BCUT2D eigenvalue weighted by Crippen LogP contribution is -2.15. The van der Waals surface area contributed by atoms with Gasteiger partial charge in [-0.05, 0) is 48.4 Å². The highest BCUT2D eigenvalue weighted by atomic mass is 32.2. The van der Waals surface area contributed by atoms with Gasteiger partial charge in [-0.1, -0.05) is 45.4 Å². The van der Waals surface area contributed by atoms with E-state index < -0.39 is 0 Å². The number of methoxy groups -OCH3 is 1. The molecule has 1 aromatic carbocycles. The first kappa shape index (κ1) is 17.9. The Labute approximate surface area is 133 Å². The Morgan fingerprint density at radius 1 is 1.33 bits per heavy atom. The highest BCUT2D eigenvalue weighted by Crippen LogP contribution is 2.40. The molecule has 1 rings (SSSR count). The molecule has 3 heteroatoms. The third-order valence-corrected chi connectivity index (χ3v) is 4.41. The van der Waals surface area contributed by atoms with Crippen molar-refractivity contribution in [2.45, 2.75) is 58.8 Å². The maximum Gasteiger partial charge on any atom is 0.133 e. The first-order chi connectivity index (χ1) is 9.85. The van der Waals surface area contributed by atoms with E-state index in [1.807, 2.05) is 0 Å². The predicted octanol–water partition coefficient (Wildman–Crippen LogP) is 5.40. The third kappa shape index (κ3) is 4.68. The SMILES string of the molecule is CCC(CCSC#N)c1cc(C)cc(C(C)(C)C)c1OC. The Morgan fingerprint density at radius 3 is 2.48 bits per heavy atom. The van der Waals surface area contributed by atoms with Crippen LogP contribution in [0.15, 0.2) is 12.1 Å². The van der Waals surface area contributed by atoms with Gasteiger partial charge in [-0.15, -0.1) is 0 Å². The smallest absolute Gasteiger partial charge is 0.133 e. The standard InChI is InChI=1S/C18H27NOS/c1-7-14(8-9-21-12-19)15-10-13(2)11-16(17(15)20-6)18(3,4)5/h10-11,14H,7-9H2,1-6H3. The van der Waals surface area contributed by atoms with E-state index in [1.165, 1.54) is 28.5 Å². The van der Waals surface area contributed by atoms with Crippen molar-refractivity contribution < 1.29 is 4.74 Å². The van der Waals surface area contributed by atoms with Crippen LogP contribution in [0.1, 0.15) is 63.1 Å². The van der Waals surface area contributed by atoms with Gasteiger partial charge in [0, 0.05) is 11.3 Å². The molecule has 0 aliphatic carbocycles. The molecule has 0 amide bonds. The number of hydrogen-bond acceptors (Lipinski definition) is 3. The molecule has 0 saturated heterocycles. The third-order valence-electron chi connectivity index (χ3n) is 3.84. The fourth-order valence-electron chi connectivity index (χ4n) is 2.72. The highest BCUT2D eigenvalue weighted by molar-refractivity contribution is 8.03. The molecule has 0 aliphatic heterocycles. The number of thioether (sulfide) groups is 1. The zero-order chi connectivity index (χ0) is 16.0. The Bertz CT molecular complexity index is 511. The number of rotatable bonds is 6. The van der Waals surface area contributed by atoms with Crippen LogP contribution in [0.4, 0.5) is 0 Å². The van der Waals surface area contributed by atoms with Crippen LogP contribution in [0.5, 0.6) is 5.75 Å². The molecule has 116 valence electrons. The molecule has 0 saturated carbocycles. The molecule has 0 fully saturated rings. The van der Waals surface area contributed by atoms with Crippen molar-refractivity contribution in [3.63, 3.8) is 0 Å². The lowest BCUT2D eigenvalue weighted by molar-refractivity contribution is 0.387. The van der Waals surface area contributed by atoms with Gasteiger partial charge >= 0.3 is 0 Å². The zero-order valence-corrected chi connectivity index (χ0v) is 14.9. The van der Waals surface area contributed by atoms with Crippen molar-refractivity contribution in [1.29, 1.82) is 5.26 Å². The fraction of sp³-hybridized carbons (Fsp3) is 0.611. The summed E-state index contributed by atoms with van der Waals surface area (Å²) in [7, 11) is 1.76. The molecule has 0 N–H and O–H groups in total. The number of ether oxygens (including phenoxy) is 1. The first-order valence-corrected chi connectivity index (χ1v) is 8.53. The van der Waals surface area contributed by atoms with E-state index in [9.17, 15) is 0 Å². The molecule has 1 atom stereocenters. The Morgan fingerprint density at radius 2 is 2.00 bits per heavy atom. The Kier molecular flexibility index (Phi) is 6.61. The van der Waals surface area contributed by atoms with E-state index in [4.69, 9.17) is 10.00 Å². The molecule has 0 aliphatic rings. The summed E-state index contributed by atoms with van der Waals surface area (Å²) >= 11 is 1.34. The van der Waals surface area contributed by atoms with Gasteiger partial charge in [0.2, 0.25) is 0 Å². The summed E-state index contributed by atoms with van der Waals surface area (Å²) in [5, 5.41) is 10.9. The first-order valence-electron chi connectivity index (χ1n) is 7.55. The Balaban J connectivity index is 3.27. The van der Waals surface area contributed by atoms with Gasteiger partial charge in [-0.25, -0.2) is 0 Å². The molecule has 0 radical (unpaired) electrons. The van der Waals surface area contributed by atoms with E-state index in [0.717, 1.165) is 24.3 Å². The number of hydrogen-bond donors (Lipinski definition) is 0. The summed E-state index contributed by atoms with van der Waals surface area (Å²) in [5.74, 6) is 2.35. The van der Waals surface area contributed by atoms with E-state index in [0.29, 0.717) is 5.92 Å². The lowest BCUT2D eigenvalue weighted by atomic mass is 9.81. The van der Waals surface area contributed by atoms with Crippen LogP contribution in [-0.2, 0) is 5.41 Å². The molecule has 0 spiro atoms. The molecule has 0 bridgehead atoms. The summed E-state index contributed by atoms with van der Waals surface area (Å²) in [6.07, 6.45) is 2.08. The number of nitrogens with zero attached hydrogens (tertiary/aromatic N) is 1. The van der Waals surface area contributed by atoms with Crippen molar-refractivity contribution in [3.8, 4) is 11.2 Å². The molecular formula is C18H27NOS. The quantitative estimate of drug-likeness (QED) is 0.521. The minimum Gasteiger partial charge on any atom is -0.496 e. The maximum atomic E-state index is 8.71. The van der Waals surface area contributed by atoms with Crippen LogP contribution >= 0.6 is 11.8 Å². The van der Waals surface area contributed by atoms with Crippen LogP contribution in [0.25, 0.3) is 0 Å². The number of nitriles is 1. The Hall–Kier alpha value is -1.14. The van der Waals surface area contributed by atoms with Crippen molar-refractivity contribution in [1.82, 2.24) is 0 Å². The van der Waals surface area contributed by atoms with Gasteiger partial charge in [0.1, 0.15) is 11.2 Å². The highest BCUT2D eigenvalue weighted by Gasteiger charge is 2.24. The minimum atomic E-state index is 0.0613. The van der Waals surface area contributed by atoms with Crippen LogP contribution in [0.2, 0.25) is 0 Å². The van der Waals surface area contributed by atoms with E-state index >= 15 is 0 Å². The molecule has 0 heterocycles. The summed E-state index contributed by atoms with van der Waals surface area (Å²) in [6, 6.07) is 4.48. The fourth-order valence-corrected chi connectivity index (χ4v) is 3.21. The average molecular weight is 305 g/mol. The van der Waals surface area contributed by atoms with Crippen molar-refractivity contribution in [2.75, 3.05) is 12.9 Å². The van der Waals surface area contributed by atoms with Gasteiger partial charge in [0.25, 0.3) is 0 Å². The van der Waals surface area contributed by atoms with Gasteiger partial charge in [-0.2, -0.15) is 5.26 Å². The predicted molar refractivity (Wildman–Crippen MR) is 92.2 cm³/mol. The summed E-state index contributed by atoms with van der Waals surface area (Å²) in [4.78, 5) is 0. The molecule has 2 nitrogen and oxygen atoms in total. The summed E-state index contributed by atoms with van der Waals surface area (Å²) in [6.45, 7) is 11.0. The van der Waals surface area contributed by atoms with Crippen LogP contribution < -0.4 is 4.74 Å². The number of thiocyanates is 1. The van der Waals surface area contributed by atoms with E-state index in [-0.39, 0.29) is 5.41 Å². The molecular weight excluding hydrogens is 278 g/mol. The second-order valence-corrected chi connectivity index (χ2v) is 7.40.